The van der Waals surface area contributed by atoms with Crippen molar-refractivity contribution in [3.8, 4) is 0 Å². The van der Waals surface area contributed by atoms with Crippen molar-refractivity contribution in [3.63, 3.8) is 0 Å². The number of nitrogens with one attached hydrogen (secondary N) is 1. The first-order chi connectivity index (χ1) is 9.80. The number of nitrogens with zero attached hydrogens (tertiary/aromatic N) is 1. The van der Waals surface area contributed by atoms with E-state index in [4.69, 9.17) is 0 Å². The highest BCUT2D eigenvalue weighted by Crippen LogP contribution is 2.41. The monoisotopic (exact) mass is 294 g/mol. The van der Waals surface area contributed by atoms with Crippen molar-refractivity contribution in [1.82, 2.24) is 10.2 Å². The van der Waals surface area contributed by atoms with E-state index in [1.54, 1.807) is 0 Å². The predicted octanol–water partition coefficient (Wildman–Crippen LogP) is 4.45. The molecule has 0 aromatic carbocycles. The van der Waals surface area contributed by atoms with Crippen LogP contribution in [0.15, 0.2) is 0 Å². The lowest BCUT2D eigenvalue weighted by Gasteiger charge is -2.47. The molecule has 124 valence electrons. The Morgan fingerprint density at radius 3 is 2.48 bits per heavy atom. The molecule has 0 radical (unpaired) electrons. The van der Waals surface area contributed by atoms with E-state index in [0.29, 0.717) is 5.41 Å². The van der Waals surface area contributed by atoms with Gasteiger partial charge in [-0.05, 0) is 71.3 Å². The van der Waals surface area contributed by atoms with Gasteiger partial charge in [-0.1, -0.05) is 26.2 Å². The van der Waals surface area contributed by atoms with Crippen molar-refractivity contribution < 1.29 is 0 Å². The summed E-state index contributed by atoms with van der Waals surface area (Å²) in [6.07, 6.45) is 9.94. The maximum Gasteiger partial charge on any atom is 0.00967 e. The van der Waals surface area contributed by atoms with Crippen molar-refractivity contribution in [1.29, 1.82) is 0 Å². The predicted molar refractivity (Wildman–Crippen MR) is 92.7 cm³/mol. The summed E-state index contributed by atoms with van der Waals surface area (Å²) >= 11 is 0. The number of likely N-dealkylation sites (tertiary alicyclic amines) is 1. The molecule has 0 aromatic rings. The molecule has 0 aromatic heterocycles. The molecule has 1 N–H and O–H groups in total. The third-order valence-electron chi connectivity index (χ3n) is 5.66. The zero-order valence-electron chi connectivity index (χ0n) is 15.2. The highest BCUT2D eigenvalue weighted by molar-refractivity contribution is 4.93. The number of hydrogen-bond donors (Lipinski definition) is 1. The van der Waals surface area contributed by atoms with Gasteiger partial charge in [0.1, 0.15) is 0 Å². The molecule has 3 atom stereocenters. The lowest BCUT2D eigenvalue weighted by atomic mass is 9.69. The normalized spacial score (nSPS) is 35.9. The van der Waals surface area contributed by atoms with E-state index >= 15 is 0 Å². The van der Waals surface area contributed by atoms with E-state index in [1.807, 2.05) is 0 Å². The Bertz CT molecular complexity index is 320. The first-order valence-corrected chi connectivity index (χ1v) is 9.29. The van der Waals surface area contributed by atoms with Crippen molar-refractivity contribution in [2.75, 3.05) is 19.6 Å². The summed E-state index contributed by atoms with van der Waals surface area (Å²) in [6.45, 7) is 15.7. The summed E-state index contributed by atoms with van der Waals surface area (Å²) in [6, 6.07) is 0.794. The van der Waals surface area contributed by atoms with Crippen LogP contribution in [0.4, 0.5) is 0 Å². The van der Waals surface area contributed by atoms with E-state index in [9.17, 15) is 0 Å². The Kier molecular flexibility index (Phi) is 5.76. The first kappa shape index (κ1) is 17.3. The molecule has 0 bridgehead atoms. The number of piperidine rings is 1. The van der Waals surface area contributed by atoms with Crippen molar-refractivity contribution in [2.24, 2.45) is 11.3 Å². The van der Waals surface area contributed by atoms with Gasteiger partial charge in [-0.15, -0.1) is 0 Å². The molecule has 2 rings (SSSR count). The van der Waals surface area contributed by atoms with E-state index in [-0.39, 0.29) is 5.54 Å². The summed E-state index contributed by atoms with van der Waals surface area (Å²) in [5.74, 6) is 0.903. The van der Waals surface area contributed by atoms with Gasteiger partial charge >= 0.3 is 0 Å². The fourth-order valence-electron chi connectivity index (χ4n) is 4.40. The minimum Gasteiger partial charge on any atom is -0.311 e. The Labute approximate surface area is 133 Å². The largest absolute Gasteiger partial charge is 0.311 e. The van der Waals surface area contributed by atoms with Crippen LogP contribution < -0.4 is 5.32 Å². The molecule has 0 spiro atoms. The molecular weight excluding hydrogens is 256 g/mol. The van der Waals surface area contributed by atoms with Gasteiger partial charge in [0.2, 0.25) is 0 Å². The molecule has 2 aliphatic rings. The second kappa shape index (κ2) is 7.00. The van der Waals surface area contributed by atoms with Crippen LogP contribution >= 0.6 is 0 Å². The average molecular weight is 295 g/mol. The second-order valence-corrected chi connectivity index (χ2v) is 9.12. The number of rotatable bonds is 4. The van der Waals surface area contributed by atoms with Crippen LogP contribution in [-0.2, 0) is 0 Å². The van der Waals surface area contributed by atoms with Gasteiger partial charge in [-0.3, -0.25) is 0 Å². The van der Waals surface area contributed by atoms with Crippen LogP contribution in [0.3, 0.4) is 0 Å². The van der Waals surface area contributed by atoms with Crippen LogP contribution in [0, 0.1) is 11.3 Å². The van der Waals surface area contributed by atoms with Crippen LogP contribution in [-0.4, -0.2) is 36.1 Å². The molecule has 3 unspecified atom stereocenters. The van der Waals surface area contributed by atoms with Gasteiger partial charge < -0.3 is 10.2 Å². The molecule has 1 saturated heterocycles. The smallest absolute Gasteiger partial charge is 0.00967 e. The van der Waals surface area contributed by atoms with Crippen LogP contribution in [0.25, 0.3) is 0 Å². The highest BCUT2D eigenvalue weighted by atomic mass is 15.2. The Morgan fingerprint density at radius 2 is 1.86 bits per heavy atom. The molecule has 1 aliphatic heterocycles. The van der Waals surface area contributed by atoms with E-state index < -0.39 is 0 Å². The molecular formula is C19H38N2. The SMILES string of the molecule is CC1CCCC(CNC(C)(C)C)(CN2CCCCC2C)C1. The van der Waals surface area contributed by atoms with Gasteiger partial charge in [0, 0.05) is 24.7 Å². The molecule has 2 nitrogen and oxygen atoms in total. The van der Waals surface area contributed by atoms with Gasteiger partial charge in [0.25, 0.3) is 0 Å². The molecule has 1 aliphatic carbocycles. The van der Waals surface area contributed by atoms with E-state index in [1.165, 1.54) is 64.6 Å². The van der Waals surface area contributed by atoms with Gasteiger partial charge in [-0.25, -0.2) is 0 Å². The zero-order chi connectivity index (χ0) is 15.5. The van der Waals surface area contributed by atoms with Crippen LogP contribution in [0.1, 0.15) is 79.6 Å². The zero-order valence-corrected chi connectivity index (χ0v) is 15.2. The second-order valence-electron chi connectivity index (χ2n) is 9.12. The highest BCUT2D eigenvalue weighted by Gasteiger charge is 2.38. The standard InChI is InChI=1S/C19H38N2/c1-16-9-8-11-19(13-16,14-20-18(3,4)5)15-21-12-7-6-10-17(21)2/h16-17,20H,6-15H2,1-5H3. The molecule has 0 amide bonds. The lowest BCUT2D eigenvalue weighted by Crippen LogP contribution is -2.52. The van der Waals surface area contributed by atoms with Gasteiger partial charge in [-0.2, -0.15) is 0 Å². The average Bonchev–Trinajstić information content (AvgIpc) is 2.39. The third-order valence-corrected chi connectivity index (χ3v) is 5.66. The molecule has 21 heavy (non-hydrogen) atoms. The number of hydrogen-bond acceptors (Lipinski definition) is 2. The van der Waals surface area contributed by atoms with Crippen molar-refractivity contribution >= 4 is 0 Å². The van der Waals surface area contributed by atoms with Crippen LogP contribution in [0.5, 0.6) is 0 Å². The Hall–Kier alpha value is -0.0800. The Morgan fingerprint density at radius 1 is 1.10 bits per heavy atom. The lowest BCUT2D eigenvalue weighted by molar-refractivity contribution is 0.0424. The maximum absolute atomic E-state index is 3.83. The third kappa shape index (κ3) is 5.25. The fraction of sp³-hybridized carbons (Fsp3) is 1.00. The van der Waals surface area contributed by atoms with E-state index in [2.05, 4.69) is 44.8 Å². The van der Waals surface area contributed by atoms with Crippen molar-refractivity contribution in [2.45, 2.75) is 91.1 Å². The van der Waals surface area contributed by atoms with Crippen LogP contribution in [0.2, 0.25) is 0 Å². The minimum absolute atomic E-state index is 0.237. The fourth-order valence-corrected chi connectivity index (χ4v) is 4.40. The summed E-state index contributed by atoms with van der Waals surface area (Å²) in [4.78, 5) is 2.80. The minimum atomic E-state index is 0.237. The summed E-state index contributed by atoms with van der Waals surface area (Å²) in [5.41, 5.74) is 0.748. The summed E-state index contributed by atoms with van der Waals surface area (Å²) in [7, 11) is 0. The van der Waals surface area contributed by atoms with Gasteiger partial charge in [0.05, 0.1) is 0 Å². The van der Waals surface area contributed by atoms with Gasteiger partial charge in [0.15, 0.2) is 0 Å². The quantitative estimate of drug-likeness (QED) is 0.824. The first-order valence-electron chi connectivity index (χ1n) is 9.29. The molecule has 2 fully saturated rings. The summed E-state index contributed by atoms with van der Waals surface area (Å²) in [5, 5.41) is 3.83. The summed E-state index contributed by atoms with van der Waals surface area (Å²) < 4.78 is 0. The van der Waals surface area contributed by atoms with Crippen molar-refractivity contribution in [3.05, 3.63) is 0 Å². The Balaban J connectivity index is 2.03. The molecule has 2 heteroatoms. The molecule has 1 saturated carbocycles. The maximum atomic E-state index is 3.83. The van der Waals surface area contributed by atoms with E-state index in [0.717, 1.165) is 12.0 Å². The molecule has 1 heterocycles. The topological polar surface area (TPSA) is 15.3 Å².